The van der Waals surface area contributed by atoms with Crippen LogP contribution in [0.15, 0.2) is 0 Å². The van der Waals surface area contributed by atoms with Crippen molar-refractivity contribution in [1.82, 2.24) is 15.3 Å². The number of nitrogens with one attached hydrogen (secondary N) is 2. The lowest BCUT2D eigenvalue weighted by atomic mass is 9.91. The zero-order valence-electron chi connectivity index (χ0n) is 10.6. The number of aromatic amines is 1. The van der Waals surface area contributed by atoms with Gasteiger partial charge in [-0.05, 0) is 6.92 Å². The number of hydrogen-bond donors (Lipinski definition) is 2. The van der Waals surface area contributed by atoms with Crippen molar-refractivity contribution in [3.63, 3.8) is 0 Å². The summed E-state index contributed by atoms with van der Waals surface area (Å²) in [7, 11) is 0. The molecule has 0 saturated carbocycles. The van der Waals surface area contributed by atoms with E-state index in [1.807, 2.05) is 0 Å². The lowest BCUT2D eigenvalue weighted by molar-refractivity contribution is 0.0744. The molecule has 1 unspecified atom stereocenters. The minimum absolute atomic E-state index is 0.0916. The SMILES string of the molecule is Cc1[nH]c(C2COCCN2)nc1C(C)(C)C. The molecule has 2 rings (SSSR count). The summed E-state index contributed by atoms with van der Waals surface area (Å²) in [6.07, 6.45) is 0. The van der Waals surface area contributed by atoms with E-state index in [1.54, 1.807) is 0 Å². The predicted molar refractivity (Wildman–Crippen MR) is 63.6 cm³/mol. The van der Waals surface area contributed by atoms with E-state index in [-0.39, 0.29) is 11.5 Å². The van der Waals surface area contributed by atoms with Crippen molar-refractivity contribution >= 4 is 0 Å². The van der Waals surface area contributed by atoms with Gasteiger partial charge in [0.15, 0.2) is 0 Å². The van der Waals surface area contributed by atoms with Gasteiger partial charge in [0.2, 0.25) is 0 Å². The van der Waals surface area contributed by atoms with E-state index >= 15 is 0 Å². The van der Waals surface area contributed by atoms with E-state index in [2.05, 4.69) is 38.0 Å². The third-order valence-corrected chi connectivity index (χ3v) is 2.87. The average Bonchev–Trinajstić information content (AvgIpc) is 2.61. The fraction of sp³-hybridized carbons (Fsp3) is 0.750. The van der Waals surface area contributed by atoms with Gasteiger partial charge in [-0.3, -0.25) is 0 Å². The number of ether oxygens (including phenoxy) is 1. The second-order valence-electron chi connectivity index (χ2n) is 5.43. The van der Waals surface area contributed by atoms with Gasteiger partial charge in [0.1, 0.15) is 5.82 Å². The molecule has 0 amide bonds. The van der Waals surface area contributed by atoms with E-state index < -0.39 is 0 Å². The molecule has 0 spiro atoms. The number of aryl methyl sites for hydroxylation is 1. The molecule has 1 aliphatic heterocycles. The lowest BCUT2D eigenvalue weighted by Crippen LogP contribution is -2.35. The van der Waals surface area contributed by atoms with Gasteiger partial charge in [-0.25, -0.2) is 4.98 Å². The number of aromatic nitrogens is 2. The zero-order valence-corrected chi connectivity index (χ0v) is 10.6. The van der Waals surface area contributed by atoms with E-state index in [1.165, 1.54) is 0 Å². The number of nitrogens with zero attached hydrogens (tertiary/aromatic N) is 1. The molecule has 1 aromatic heterocycles. The Morgan fingerprint density at radius 3 is 2.62 bits per heavy atom. The zero-order chi connectivity index (χ0) is 11.8. The molecule has 2 N–H and O–H groups in total. The summed E-state index contributed by atoms with van der Waals surface area (Å²) in [6, 6.07) is 0.212. The van der Waals surface area contributed by atoms with E-state index in [0.29, 0.717) is 6.61 Å². The van der Waals surface area contributed by atoms with Crippen molar-refractivity contribution < 1.29 is 4.74 Å². The predicted octanol–water partition coefficient (Wildman–Crippen LogP) is 1.68. The van der Waals surface area contributed by atoms with Crippen LogP contribution >= 0.6 is 0 Å². The monoisotopic (exact) mass is 223 g/mol. The van der Waals surface area contributed by atoms with Crippen LogP contribution in [0.2, 0.25) is 0 Å². The van der Waals surface area contributed by atoms with Gasteiger partial charge < -0.3 is 15.0 Å². The Morgan fingerprint density at radius 2 is 2.12 bits per heavy atom. The first-order chi connectivity index (χ1) is 7.48. The summed E-state index contributed by atoms with van der Waals surface area (Å²) in [4.78, 5) is 8.07. The summed E-state index contributed by atoms with van der Waals surface area (Å²) in [6.45, 7) is 11.0. The molecule has 0 radical (unpaired) electrons. The molecule has 1 atom stereocenters. The Balaban J connectivity index is 2.23. The molecule has 0 bridgehead atoms. The smallest absolute Gasteiger partial charge is 0.126 e. The Labute approximate surface area is 96.8 Å². The van der Waals surface area contributed by atoms with Crippen LogP contribution in [0.4, 0.5) is 0 Å². The third kappa shape index (κ3) is 2.28. The Kier molecular flexibility index (Phi) is 3.04. The average molecular weight is 223 g/mol. The molecule has 1 saturated heterocycles. The molecular weight excluding hydrogens is 202 g/mol. The molecule has 90 valence electrons. The van der Waals surface area contributed by atoms with Crippen molar-refractivity contribution in [2.45, 2.75) is 39.2 Å². The molecule has 0 aliphatic carbocycles. The summed E-state index contributed by atoms with van der Waals surface area (Å²) in [5.74, 6) is 1.00. The summed E-state index contributed by atoms with van der Waals surface area (Å²) < 4.78 is 5.45. The highest BCUT2D eigenvalue weighted by atomic mass is 16.5. The molecule has 1 aromatic rings. The Hall–Kier alpha value is -0.870. The molecule has 1 fully saturated rings. The van der Waals surface area contributed by atoms with Crippen molar-refractivity contribution in [3.05, 3.63) is 17.2 Å². The van der Waals surface area contributed by atoms with Crippen LogP contribution in [0.1, 0.15) is 44.0 Å². The van der Waals surface area contributed by atoms with Gasteiger partial charge >= 0.3 is 0 Å². The van der Waals surface area contributed by atoms with Crippen LogP contribution < -0.4 is 5.32 Å². The first-order valence-electron chi connectivity index (χ1n) is 5.86. The van der Waals surface area contributed by atoms with Gasteiger partial charge in [-0.1, -0.05) is 20.8 Å². The van der Waals surface area contributed by atoms with Crippen LogP contribution in [-0.2, 0) is 10.2 Å². The van der Waals surface area contributed by atoms with Crippen LogP contribution in [0.5, 0.6) is 0 Å². The third-order valence-electron chi connectivity index (χ3n) is 2.87. The first-order valence-corrected chi connectivity index (χ1v) is 5.86. The van der Waals surface area contributed by atoms with Gasteiger partial charge in [0.05, 0.1) is 24.9 Å². The van der Waals surface area contributed by atoms with E-state index in [4.69, 9.17) is 9.72 Å². The second-order valence-corrected chi connectivity index (χ2v) is 5.43. The molecule has 2 heterocycles. The van der Waals surface area contributed by atoms with Gasteiger partial charge in [-0.2, -0.15) is 0 Å². The lowest BCUT2D eigenvalue weighted by Gasteiger charge is -2.22. The minimum atomic E-state index is 0.0916. The van der Waals surface area contributed by atoms with Crippen LogP contribution in [0.25, 0.3) is 0 Å². The summed E-state index contributed by atoms with van der Waals surface area (Å²) in [5.41, 5.74) is 2.40. The maximum absolute atomic E-state index is 5.45. The second kappa shape index (κ2) is 4.18. The number of hydrogen-bond acceptors (Lipinski definition) is 3. The minimum Gasteiger partial charge on any atom is -0.378 e. The van der Waals surface area contributed by atoms with Crippen LogP contribution in [0.3, 0.4) is 0 Å². The molecule has 1 aliphatic rings. The van der Waals surface area contributed by atoms with E-state index in [0.717, 1.165) is 30.4 Å². The van der Waals surface area contributed by atoms with Crippen molar-refractivity contribution in [2.75, 3.05) is 19.8 Å². The topological polar surface area (TPSA) is 49.9 Å². The van der Waals surface area contributed by atoms with Gasteiger partial charge in [-0.15, -0.1) is 0 Å². The molecule has 4 heteroatoms. The Bertz CT molecular complexity index is 359. The van der Waals surface area contributed by atoms with Gasteiger partial charge in [0, 0.05) is 17.7 Å². The van der Waals surface area contributed by atoms with Crippen molar-refractivity contribution in [3.8, 4) is 0 Å². The summed E-state index contributed by atoms with van der Waals surface area (Å²) >= 11 is 0. The van der Waals surface area contributed by atoms with Crippen LogP contribution in [0, 0.1) is 6.92 Å². The number of imidazole rings is 1. The fourth-order valence-electron chi connectivity index (χ4n) is 2.12. The molecule has 0 aromatic carbocycles. The highest BCUT2D eigenvalue weighted by molar-refractivity contribution is 5.22. The highest BCUT2D eigenvalue weighted by Gasteiger charge is 2.24. The highest BCUT2D eigenvalue weighted by Crippen LogP contribution is 2.25. The maximum Gasteiger partial charge on any atom is 0.126 e. The normalized spacial score (nSPS) is 22.4. The Morgan fingerprint density at radius 1 is 1.38 bits per heavy atom. The fourth-order valence-corrected chi connectivity index (χ4v) is 2.12. The van der Waals surface area contributed by atoms with Gasteiger partial charge in [0.25, 0.3) is 0 Å². The number of rotatable bonds is 1. The van der Waals surface area contributed by atoms with Crippen molar-refractivity contribution in [1.29, 1.82) is 0 Å². The van der Waals surface area contributed by atoms with Crippen molar-refractivity contribution in [2.24, 2.45) is 0 Å². The first kappa shape index (κ1) is 11.6. The maximum atomic E-state index is 5.45. The summed E-state index contributed by atoms with van der Waals surface area (Å²) in [5, 5.41) is 3.41. The molecule has 16 heavy (non-hydrogen) atoms. The molecule has 4 nitrogen and oxygen atoms in total. The standard InChI is InChI=1S/C12H21N3O/c1-8-10(12(2,3)4)15-11(14-8)9-7-16-6-5-13-9/h9,13H,5-7H2,1-4H3,(H,14,15). The number of morpholine rings is 1. The quantitative estimate of drug-likeness (QED) is 0.761. The molecular formula is C12H21N3O. The van der Waals surface area contributed by atoms with E-state index in [9.17, 15) is 0 Å². The van der Waals surface area contributed by atoms with Crippen LogP contribution in [-0.4, -0.2) is 29.7 Å². The number of H-pyrrole nitrogens is 1. The largest absolute Gasteiger partial charge is 0.378 e.